The molecule has 5 rings (SSSR count). The predicted molar refractivity (Wildman–Crippen MR) is 114 cm³/mol. The van der Waals surface area contributed by atoms with Crippen molar-refractivity contribution in [3.05, 3.63) is 93.1 Å². The molecular formula is C24H20ClFN2O2. The lowest BCUT2D eigenvalue weighted by Gasteiger charge is -2.43. The van der Waals surface area contributed by atoms with Crippen molar-refractivity contribution >= 4 is 17.5 Å². The molecule has 0 aliphatic carbocycles. The first-order valence-corrected chi connectivity index (χ1v) is 10.4. The molecule has 2 aromatic carbocycles. The van der Waals surface area contributed by atoms with Crippen LogP contribution in [0.25, 0.3) is 11.1 Å². The Labute approximate surface area is 178 Å². The van der Waals surface area contributed by atoms with E-state index >= 15 is 0 Å². The van der Waals surface area contributed by atoms with E-state index in [1.807, 2.05) is 39.8 Å². The molecule has 1 aromatic heterocycles. The quantitative estimate of drug-likeness (QED) is 0.607. The molecule has 6 heteroatoms. The molecule has 30 heavy (non-hydrogen) atoms. The van der Waals surface area contributed by atoms with Crippen LogP contribution in [0.4, 0.5) is 4.39 Å². The van der Waals surface area contributed by atoms with Crippen LogP contribution in [0.3, 0.4) is 0 Å². The normalized spacial score (nSPS) is 20.0. The van der Waals surface area contributed by atoms with E-state index < -0.39 is 0 Å². The average molecular weight is 423 g/mol. The molecule has 0 radical (unpaired) electrons. The van der Waals surface area contributed by atoms with Crippen molar-refractivity contribution in [3.63, 3.8) is 0 Å². The van der Waals surface area contributed by atoms with Crippen molar-refractivity contribution in [1.82, 2.24) is 9.47 Å². The fourth-order valence-corrected chi connectivity index (χ4v) is 4.96. The van der Waals surface area contributed by atoms with Crippen LogP contribution in [0.5, 0.6) is 0 Å². The molecule has 0 spiro atoms. The van der Waals surface area contributed by atoms with Crippen LogP contribution in [0, 0.1) is 11.7 Å². The number of hydrogen-bond acceptors (Lipinski definition) is 2. The van der Waals surface area contributed by atoms with Gasteiger partial charge < -0.3 is 9.47 Å². The maximum Gasteiger partial charge on any atom is 0.253 e. The van der Waals surface area contributed by atoms with Gasteiger partial charge in [0.05, 0.1) is 0 Å². The lowest BCUT2D eigenvalue weighted by Crippen LogP contribution is -2.49. The van der Waals surface area contributed by atoms with Gasteiger partial charge in [-0.15, -0.1) is 0 Å². The molecule has 152 valence electrons. The SMILES string of the molecule is O=C(c1ccc(F)cc1)N1CC2CC(C1)c1c(-c3ccc(Cl)cc3)ccc(=O)n1C2. The average Bonchev–Trinajstić information content (AvgIpc) is 2.75. The Kier molecular flexibility index (Phi) is 4.70. The zero-order chi connectivity index (χ0) is 20.8. The summed E-state index contributed by atoms with van der Waals surface area (Å²) >= 11 is 6.05. The summed E-state index contributed by atoms with van der Waals surface area (Å²) in [7, 11) is 0. The summed E-state index contributed by atoms with van der Waals surface area (Å²) in [5, 5.41) is 0.662. The van der Waals surface area contributed by atoms with E-state index in [9.17, 15) is 14.0 Å². The standard InChI is InChI=1S/C24H20ClFN2O2/c25-19-5-1-16(2-6-19)21-9-10-22(29)28-13-15-11-18(23(21)28)14-27(12-15)24(30)17-3-7-20(26)8-4-17/h1-10,15,18H,11-14H2. The van der Waals surface area contributed by atoms with Gasteiger partial charge in [-0.1, -0.05) is 23.7 Å². The minimum atomic E-state index is -0.358. The van der Waals surface area contributed by atoms with Gasteiger partial charge in [0.1, 0.15) is 5.82 Å². The van der Waals surface area contributed by atoms with E-state index in [0.29, 0.717) is 30.2 Å². The fourth-order valence-electron chi connectivity index (χ4n) is 4.83. The highest BCUT2D eigenvalue weighted by molar-refractivity contribution is 6.30. The molecule has 2 aliphatic heterocycles. The van der Waals surface area contributed by atoms with Gasteiger partial charge in [-0.3, -0.25) is 9.59 Å². The number of nitrogens with zero attached hydrogens (tertiary/aromatic N) is 2. The number of aromatic nitrogens is 1. The smallest absolute Gasteiger partial charge is 0.253 e. The Bertz CT molecular complexity index is 1170. The maximum atomic E-state index is 13.2. The topological polar surface area (TPSA) is 42.3 Å². The zero-order valence-corrected chi connectivity index (χ0v) is 17.0. The van der Waals surface area contributed by atoms with Crippen LogP contribution in [-0.2, 0) is 6.54 Å². The first-order valence-electron chi connectivity index (χ1n) is 10.0. The molecule has 3 aromatic rings. The van der Waals surface area contributed by atoms with E-state index in [2.05, 4.69) is 0 Å². The minimum absolute atomic E-state index is 0.00396. The third-order valence-electron chi connectivity index (χ3n) is 6.12. The van der Waals surface area contributed by atoms with Gasteiger partial charge in [-0.2, -0.15) is 0 Å². The van der Waals surface area contributed by atoms with Gasteiger partial charge in [0.25, 0.3) is 11.5 Å². The van der Waals surface area contributed by atoms with E-state index in [4.69, 9.17) is 11.6 Å². The van der Waals surface area contributed by atoms with Gasteiger partial charge in [-0.25, -0.2) is 4.39 Å². The van der Waals surface area contributed by atoms with Crippen LogP contribution < -0.4 is 5.56 Å². The highest BCUT2D eigenvalue weighted by atomic mass is 35.5. The summed E-state index contributed by atoms with van der Waals surface area (Å²) in [5.41, 5.74) is 3.47. The largest absolute Gasteiger partial charge is 0.338 e. The number of piperidine rings is 1. The van der Waals surface area contributed by atoms with Crippen molar-refractivity contribution < 1.29 is 9.18 Å². The molecule has 1 fully saturated rings. The molecule has 2 aliphatic rings. The minimum Gasteiger partial charge on any atom is -0.338 e. The number of hydrogen-bond donors (Lipinski definition) is 0. The third-order valence-corrected chi connectivity index (χ3v) is 6.38. The number of halogens is 2. The molecule has 0 saturated carbocycles. The summed E-state index contributed by atoms with van der Waals surface area (Å²) in [6.45, 7) is 1.74. The molecule has 0 N–H and O–H groups in total. The fraction of sp³-hybridized carbons (Fsp3) is 0.250. The second kappa shape index (κ2) is 7.40. The number of amides is 1. The second-order valence-corrected chi connectivity index (χ2v) is 8.54. The second-order valence-electron chi connectivity index (χ2n) is 8.10. The molecule has 4 nitrogen and oxygen atoms in total. The highest BCUT2D eigenvalue weighted by Gasteiger charge is 2.38. The molecule has 2 bridgehead atoms. The maximum absolute atomic E-state index is 13.2. The van der Waals surface area contributed by atoms with Gasteiger partial charge in [0.2, 0.25) is 0 Å². The summed E-state index contributed by atoms with van der Waals surface area (Å²) < 4.78 is 15.1. The number of carbonyl (C=O) groups is 1. The number of carbonyl (C=O) groups excluding carboxylic acids is 1. The number of rotatable bonds is 2. The lowest BCUT2D eigenvalue weighted by molar-refractivity contribution is 0.0595. The van der Waals surface area contributed by atoms with Crippen LogP contribution in [0.15, 0.2) is 65.5 Å². The van der Waals surface area contributed by atoms with Gasteiger partial charge in [-0.05, 0) is 60.4 Å². The Morgan fingerprint density at radius 1 is 0.933 bits per heavy atom. The number of benzene rings is 2. The monoisotopic (exact) mass is 422 g/mol. The lowest BCUT2D eigenvalue weighted by atomic mass is 9.80. The van der Waals surface area contributed by atoms with Crippen LogP contribution >= 0.6 is 11.6 Å². The summed E-state index contributed by atoms with van der Waals surface area (Å²) in [6.07, 6.45) is 0.942. The summed E-state index contributed by atoms with van der Waals surface area (Å²) in [5.74, 6) is -0.160. The van der Waals surface area contributed by atoms with E-state index in [1.54, 1.807) is 6.07 Å². The Balaban J connectivity index is 1.53. The molecule has 1 saturated heterocycles. The summed E-state index contributed by atoms with van der Waals surface area (Å²) in [4.78, 5) is 27.5. The van der Waals surface area contributed by atoms with Crippen LogP contribution in [0.1, 0.15) is 28.4 Å². The van der Waals surface area contributed by atoms with Gasteiger partial charge >= 0.3 is 0 Å². The van der Waals surface area contributed by atoms with E-state index in [-0.39, 0.29) is 29.1 Å². The Hall–Kier alpha value is -2.92. The first kappa shape index (κ1) is 19.1. The van der Waals surface area contributed by atoms with Crippen molar-refractivity contribution in [2.45, 2.75) is 18.9 Å². The molecule has 2 atom stereocenters. The van der Waals surface area contributed by atoms with Gasteiger partial charge in [0.15, 0.2) is 0 Å². The Morgan fingerprint density at radius 3 is 2.40 bits per heavy atom. The molecule has 3 heterocycles. The number of fused-ring (bicyclic) bond motifs is 4. The number of pyridine rings is 1. The zero-order valence-electron chi connectivity index (χ0n) is 16.2. The van der Waals surface area contributed by atoms with E-state index in [0.717, 1.165) is 23.2 Å². The van der Waals surface area contributed by atoms with E-state index in [1.165, 1.54) is 24.3 Å². The van der Waals surface area contributed by atoms with Crippen molar-refractivity contribution in [2.24, 2.45) is 5.92 Å². The molecular weight excluding hydrogens is 403 g/mol. The third kappa shape index (κ3) is 3.33. The predicted octanol–water partition coefficient (Wildman–Crippen LogP) is 4.57. The van der Waals surface area contributed by atoms with Crippen LogP contribution in [0.2, 0.25) is 5.02 Å². The Morgan fingerprint density at radius 2 is 1.67 bits per heavy atom. The molecule has 1 amide bonds. The van der Waals surface area contributed by atoms with Crippen molar-refractivity contribution in [3.8, 4) is 11.1 Å². The summed E-state index contributed by atoms with van der Waals surface area (Å²) in [6, 6.07) is 16.8. The molecule has 2 unspecified atom stereocenters. The van der Waals surface area contributed by atoms with Crippen molar-refractivity contribution in [2.75, 3.05) is 13.1 Å². The van der Waals surface area contributed by atoms with Gasteiger partial charge in [0, 0.05) is 53.5 Å². The highest BCUT2D eigenvalue weighted by Crippen LogP contribution is 2.40. The van der Waals surface area contributed by atoms with Crippen LogP contribution in [-0.4, -0.2) is 28.5 Å². The number of likely N-dealkylation sites (tertiary alicyclic amines) is 1. The first-order chi connectivity index (χ1) is 14.5. The van der Waals surface area contributed by atoms with Crippen molar-refractivity contribution in [1.29, 1.82) is 0 Å².